The van der Waals surface area contributed by atoms with Crippen LogP contribution in [0.15, 0.2) is 0 Å². The Balaban J connectivity index is -0.000000683. The van der Waals surface area contributed by atoms with Crippen molar-refractivity contribution in [1.29, 1.82) is 0 Å². The molecule has 7 N–H and O–H groups in total. The molecule has 0 aliphatic carbocycles. The fraction of sp³-hybridized carbons (Fsp3) is 1.00. The van der Waals surface area contributed by atoms with E-state index in [1.165, 1.54) is 6.04 Å². The van der Waals surface area contributed by atoms with Crippen LogP contribution < -0.4 is 11.5 Å². The first-order valence-corrected chi connectivity index (χ1v) is 26.9. The molecule has 0 rings (SSSR count). The number of hydrogen-bond donors (Lipinski definition) is 5. The van der Waals surface area contributed by atoms with Gasteiger partial charge in [-0.25, -0.2) is 0 Å². The van der Waals surface area contributed by atoms with E-state index in [0.29, 0.717) is 13.0 Å². The third-order valence-corrected chi connectivity index (χ3v) is 23.6. The summed E-state index contributed by atoms with van der Waals surface area (Å²) in [5, 5.41) is 0. The zero-order valence-corrected chi connectivity index (χ0v) is 38.1. The minimum atomic E-state index is -3.76. The summed E-state index contributed by atoms with van der Waals surface area (Å²) in [5.74, 6) is 0. The zero-order valence-electron chi connectivity index (χ0n) is 32.9. The van der Waals surface area contributed by atoms with E-state index in [9.17, 15) is 0 Å². The van der Waals surface area contributed by atoms with Crippen molar-refractivity contribution in [2.45, 2.75) is 108 Å². The molecule has 0 aliphatic heterocycles. The van der Waals surface area contributed by atoms with Crippen molar-refractivity contribution in [3.63, 3.8) is 0 Å². The molecule has 0 aliphatic rings. The Bertz CT molecular complexity index is 624. The Kier molecular flexibility index (Phi) is 33.6. The van der Waals surface area contributed by atoms with Gasteiger partial charge in [0.05, 0.1) is 0 Å². The summed E-state index contributed by atoms with van der Waals surface area (Å²) in [5.41, 5.74) is 10.7. The molecule has 0 unspecified atom stereocenters. The summed E-state index contributed by atoms with van der Waals surface area (Å²) in [6.07, 6.45) is 1.57. The van der Waals surface area contributed by atoms with Gasteiger partial charge < -0.3 is 30.0 Å². The molecule has 12 nitrogen and oxygen atoms in total. The Morgan fingerprint density at radius 2 is 0.787 bits per heavy atom. The van der Waals surface area contributed by atoms with Crippen LogP contribution in [0, 0.1) is 0 Å². The molecular formula is C30H81ClN8O4Si4. The molecule has 0 bridgehead atoms. The van der Waals surface area contributed by atoms with Gasteiger partial charge in [-0.2, -0.15) is 0 Å². The molecule has 0 heterocycles. The molecule has 288 valence electrons. The molecule has 47 heavy (non-hydrogen) atoms. The molecule has 17 heteroatoms. The smallest absolute Gasteiger partial charge is 0.427 e. The van der Waals surface area contributed by atoms with Crippen LogP contribution in [0.1, 0.15) is 95.9 Å². The van der Waals surface area contributed by atoms with Gasteiger partial charge in [0.2, 0.25) is 0 Å². The number of nitrogens with two attached hydrogens (primary N) is 2. The van der Waals surface area contributed by atoms with Gasteiger partial charge in [0.25, 0.3) is 0 Å². The molecule has 0 saturated heterocycles. The molecular weight excluding hydrogens is 684 g/mol. The number of hydrogen-bond acceptors (Lipinski definition) is 12. The number of nitrogens with zero attached hydrogens (tertiary/aromatic N) is 6. The van der Waals surface area contributed by atoms with Gasteiger partial charge >= 0.3 is 25.5 Å². The monoisotopic (exact) mass is 765 g/mol. The molecule has 0 radical (unpaired) electrons. The summed E-state index contributed by atoms with van der Waals surface area (Å²) in [4.78, 5) is 25.0. The summed E-state index contributed by atoms with van der Waals surface area (Å²) >= 11 is 7.15. The largest absolute Gasteiger partial charge is 0.492 e. The second kappa shape index (κ2) is 30.3. The van der Waals surface area contributed by atoms with Crippen molar-refractivity contribution < 1.29 is 18.5 Å². The van der Waals surface area contributed by atoms with Crippen molar-refractivity contribution in [3.8, 4) is 0 Å². The van der Waals surface area contributed by atoms with Crippen LogP contribution in [0.3, 0.4) is 0 Å². The van der Waals surface area contributed by atoms with E-state index in [0.717, 1.165) is 91.5 Å². The Hall–Kier alpha value is 0.678. The van der Waals surface area contributed by atoms with Crippen molar-refractivity contribution in [1.82, 2.24) is 27.4 Å². The SMILES string of the molecule is CCN(CC)[Si](Cl)(N(CC)CC)N(CC)CC.CCN(CC)[Si](O[SiH2]CCCN)(N(CC)CC)N(CC)CC.NCCC[Si](O)(O)O. The average Bonchev–Trinajstić information content (AvgIpc) is 3.05. The molecule has 0 fully saturated rings. The average molecular weight is 766 g/mol. The fourth-order valence-corrected chi connectivity index (χ4v) is 20.5. The van der Waals surface area contributed by atoms with Gasteiger partial charge in [0.15, 0.2) is 9.76 Å². The standard InChI is InChI=1S/C15H40N4OSi2.C12H30ClN3Si.C3H11NO3Si/c1-7-17(8-2)22(18(9-3)10-4,19(11-5)12-6)20-21-15-13-14-16;1-7-14(8-2)17(13,15(9-3)10-4)16(11-5)12-6;4-2-1-3-8(5,6)7/h7-16,21H2,1-6H3;7-12H2,1-6H3;5-7H,1-4H2. The summed E-state index contributed by atoms with van der Waals surface area (Å²) in [6.45, 7) is 40.5. The first kappa shape index (κ1) is 52.0. The molecule has 0 aromatic rings. The molecule has 0 saturated carbocycles. The highest BCUT2D eigenvalue weighted by Gasteiger charge is 2.51. The van der Waals surface area contributed by atoms with E-state index in [1.807, 2.05) is 0 Å². The van der Waals surface area contributed by atoms with Gasteiger partial charge in [-0.1, -0.05) is 83.1 Å². The highest BCUT2D eigenvalue weighted by molar-refractivity contribution is 7.15. The van der Waals surface area contributed by atoms with E-state index in [1.54, 1.807) is 0 Å². The third kappa shape index (κ3) is 17.6. The molecule has 0 spiro atoms. The van der Waals surface area contributed by atoms with Gasteiger partial charge in [-0.05, 0) is 111 Å². The maximum atomic E-state index is 8.34. The van der Waals surface area contributed by atoms with Crippen LogP contribution in [-0.2, 0) is 4.12 Å². The van der Waals surface area contributed by atoms with Crippen molar-refractivity contribution in [2.24, 2.45) is 11.5 Å². The summed E-state index contributed by atoms with van der Waals surface area (Å²) in [6, 6.07) is 1.23. The molecule has 0 atom stereocenters. The predicted octanol–water partition coefficient (Wildman–Crippen LogP) is 2.25. The van der Waals surface area contributed by atoms with E-state index in [-0.39, 0.29) is 6.04 Å². The zero-order chi connectivity index (χ0) is 37.1. The minimum absolute atomic E-state index is 0.0451. The topological polar surface area (TPSA) is 141 Å². The van der Waals surface area contributed by atoms with Crippen molar-refractivity contribution in [2.75, 3.05) is 91.6 Å². The quantitative estimate of drug-likeness (QED) is 0.0502. The first-order chi connectivity index (χ1) is 22.2. The second-order valence-corrected chi connectivity index (χ2v) is 23.1. The molecule has 0 amide bonds. The van der Waals surface area contributed by atoms with Crippen LogP contribution in [0.5, 0.6) is 0 Å². The predicted molar refractivity (Wildman–Crippen MR) is 214 cm³/mol. The minimum Gasteiger partial charge on any atom is -0.427 e. The van der Waals surface area contributed by atoms with Crippen molar-refractivity contribution >= 4 is 46.3 Å². The van der Waals surface area contributed by atoms with E-state index in [4.69, 9.17) is 41.0 Å². The Labute approximate surface area is 302 Å². The lowest BCUT2D eigenvalue weighted by Crippen LogP contribution is -2.77. The molecule has 0 aromatic heterocycles. The van der Waals surface area contributed by atoms with Crippen molar-refractivity contribution in [3.05, 3.63) is 0 Å². The highest BCUT2D eigenvalue weighted by Crippen LogP contribution is 2.25. The van der Waals surface area contributed by atoms with Crippen LogP contribution in [0.2, 0.25) is 12.1 Å². The van der Waals surface area contributed by atoms with E-state index < -0.39 is 35.2 Å². The number of rotatable bonds is 26. The first-order valence-electron chi connectivity index (χ1n) is 18.6. The van der Waals surface area contributed by atoms with Gasteiger partial charge in [-0.3, -0.25) is 27.4 Å². The lowest BCUT2D eigenvalue weighted by atomic mass is 10.5. The Morgan fingerprint density at radius 1 is 0.511 bits per heavy atom. The maximum absolute atomic E-state index is 8.34. The molecule has 0 aromatic carbocycles. The lowest BCUT2D eigenvalue weighted by molar-refractivity contribution is 0.184. The van der Waals surface area contributed by atoms with E-state index in [2.05, 4.69) is 110 Å². The van der Waals surface area contributed by atoms with Gasteiger partial charge in [0.1, 0.15) is 0 Å². The van der Waals surface area contributed by atoms with Crippen LogP contribution in [-0.4, -0.2) is 169 Å². The third-order valence-electron chi connectivity index (χ3n) is 8.63. The van der Waals surface area contributed by atoms with Crippen LogP contribution in [0.4, 0.5) is 0 Å². The summed E-state index contributed by atoms with van der Waals surface area (Å²) in [7, 11) is -8.67. The number of halogens is 1. The normalized spacial score (nSPS) is 13.0. The lowest BCUT2D eigenvalue weighted by Gasteiger charge is -2.51. The fourth-order valence-electron chi connectivity index (χ4n) is 6.05. The van der Waals surface area contributed by atoms with Crippen LogP contribution in [0.25, 0.3) is 0 Å². The summed E-state index contributed by atoms with van der Waals surface area (Å²) < 4.78 is 22.1. The maximum Gasteiger partial charge on any atom is 0.492 e. The van der Waals surface area contributed by atoms with Gasteiger partial charge in [-0.15, -0.1) is 11.1 Å². The highest BCUT2D eigenvalue weighted by atomic mass is 35.6. The van der Waals surface area contributed by atoms with Gasteiger partial charge in [0, 0.05) is 6.04 Å². The van der Waals surface area contributed by atoms with Crippen LogP contribution >= 0.6 is 11.1 Å². The Morgan fingerprint density at radius 3 is 0.979 bits per heavy atom. The van der Waals surface area contributed by atoms with E-state index >= 15 is 0 Å². The second-order valence-electron chi connectivity index (χ2n) is 11.2.